The smallest absolute Gasteiger partial charge is 0.410 e. The summed E-state index contributed by atoms with van der Waals surface area (Å²) in [6, 6.07) is 3.82. The van der Waals surface area contributed by atoms with Gasteiger partial charge in [0.2, 0.25) is 0 Å². The number of rotatable bonds is 4. The van der Waals surface area contributed by atoms with Crippen molar-refractivity contribution in [3.05, 3.63) is 24.2 Å². The summed E-state index contributed by atoms with van der Waals surface area (Å²) in [4.78, 5) is 13.3. The second-order valence-corrected chi connectivity index (χ2v) is 3.84. The van der Waals surface area contributed by atoms with E-state index in [-0.39, 0.29) is 12.1 Å². The molecule has 5 nitrogen and oxygen atoms in total. The first kappa shape index (κ1) is 11.0. The lowest BCUT2D eigenvalue weighted by molar-refractivity contribution is 0.0359. The van der Waals surface area contributed by atoms with E-state index in [1.54, 1.807) is 11.2 Å². The molecule has 1 aliphatic heterocycles. The number of carbonyl (C=O) groups excluding carboxylic acids is 1. The fraction of sp³-hybridized carbons (Fsp3) is 0.545. The first-order valence-electron chi connectivity index (χ1n) is 5.47. The molecule has 1 aromatic rings. The average Bonchev–Trinajstić information content (AvgIpc) is 2.76. The van der Waals surface area contributed by atoms with E-state index in [0.717, 1.165) is 18.6 Å². The molecule has 0 bridgehead atoms. The number of carbonyl (C=O) groups is 1. The molecule has 1 saturated heterocycles. The second kappa shape index (κ2) is 5.03. The van der Waals surface area contributed by atoms with Gasteiger partial charge < -0.3 is 14.9 Å². The largest absolute Gasteiger partial charge is 0.467 e. The van der Waals surface area contributed by atoms with Crippen molar-refractivity contribution in [2.24, 2.45) is 5.73 Å². The third-order valence-corrected chi connectivity index (χ3v) is 2.76. The molecular formula is C11H16N2O3. The van der Waals surface area contributed by atoms with Crippen LogP contribution in [-0.2, 0) is 11.3 Å². The molecule has 1 fully saturated rings. The average molecular weight is 224 g/mol. The predicted molar refractivity (Wildman–Crippen MR) is 57.7 cm³/mol. The highest BCUT2D eigenvalue weighted by molar-refractivity contribution is 5.68. The molecule has 16 heavy (non-hydrogen) atoms. The zero-order valence-corrected chi connectivity index (χ0v) is 9.09. The number of hydrogen-bond donors (Lipinski definition) is 1. The minimum absolute atomic E-state index is 0.163. The summed E-state index contributed by atoms with van der Waals surface area (Å²) < 4.78 is 10.3. The van der Waals surface area contributed by atoms with Gasteiger partial charge in [-0.3, -0.25) is 4.90 Å². The van der Waals surface area contributed by atoms with Gasteiger partial charge in [0.05, 0.1) is 19.4 Å². The number of amides is 1. The van der Waals surface area contributed by atoms with Crippen molar-refractivity contribution in [3.63, 3.8) is 0 Å². The standard InChI is InChI=1S/C11H16N2O3/c12-5-3-9-4-7-16-11(14)13(9)8-10-2-1-6-15-10/h1-2,6,9H,3-5,7-8,12H2. The van der Waals surface area contributed by atoms with Gasteiger partial charge in [0, 0.05) is 12.5 Å². The summed E-state index contributed by atoms with van der Waals surface area (Å²) >= 11 is 0. The molecule has 1 atom stereocenters. The Hall–Kier alpha value is -1.49. The highest BCUT2D eigenvalue weighted by Crippen LogP contribution is 2.19. The Bertz CT molecular complexity index is 335. The highest BCUT2D eigenvalue weighted by atomic mass is 16.6. The highest BCUT2D eigenvalue weighted by Gasteiger charge is 2.29. The van der Waals surface area contributed by atoms with Gasteiger partial charge in [-0.15, -0.1) is 0 Å². The van der Waals surface area contributed by atoms with Crippen molar-refractivity contribution in [2.75, 3.05) is 13.2 Å². The molecule has 1 aromatic heterocycles. The van der Waals surface area contributed by atoms with Crippen LogP contribution < -0.4 is 5.73 Å². The number of nitrogens with zero attached hydrogens (tertiary/aromatic N) is 1. The summed E-state index contributed by atoms with van der Waals surface area (Å²) in [6.45, 7) is 1.52. The number of furan rings is 1. The fourth-order valence-corrected chi connectivity index (χ4v) is 1.93. The molecule has 0 aromatic carbocycles. The molecule has 0 saturated carbocycles. The molecular weight excluding hydrogens is 208 g/mol. The molecule has 2 rings (SSSR count). The van der Waals surface area contributed by atoms with Crippen molar-refractivity contribution in [3.8, 4) is 0 Å². The number of cyclic esters (lactones) is 1. The maximum atomic E-state index is 11.6. The molecule has 5 heteroatoms. The van der Waals surface area contributed by atoms with E-state index < -0.39 is 0 Å². The third kappa shape index (κ3) is 2.36. The van der Waals surface area contributed by atoms with E-state index in [9.17, 15) is 4.79 Å². The van der Waals surface area contributed by atoms with Crippen molar-refractivity contribution >= 4 is 6.09 Å². The van der Waals surface area contributed by atoms with Crippen LogP contribution in [0.3, 0.4) is 0 Å². The SMILES string of the molecule is NCCC1CCOC(=O)N1Cc1ccco1. The maximum Gasteiger partial charge on any atom is 0.410 e. The van der Waals surface area contributed by atoms with Gasteiger partial charge in [-0.25, -0.2) is 4.79 Å². The number of nitrogens with two attached hydrogens (primary N) is 1. The number of hydrogen-bond acceptors (Lipinski definition) is 4. The zero-order valence-electron chi connectivity index (χ0n) is 9.09. The Morgan fingerprint density at radius 1 is 1.56 bits per heavy atom. The van der Waals surface area contributed by atoms with Crippen LogP contribution in [0.5, 0.6) is 0 Å². The lowest BCUT2D eigenvalue weighted by Crippen LogP contribution is -2.45. The Balaban J connectivity index is 2.04. The van der Waals surface area contributed by atoms with E-state index in [1.165, 1.54) is 0 Å². The molecule has 2 heterocycles. The van der Waals surface area contributed by atoms with Crippen LogP contribution in [0.1, 0.15) is 18.6 Å². The minimum atomic E-state index is -0.277. The van der Waals surface area contributed by atoms with Crippen LogP contribution in [0.15, 0.2) is 22.8 Å². The Morgan fingerprint density at radius 3 is 3.12 bits per heavy atom. The lowest BCUT2D eigenvalue weighted by Gasteiger charge is -2.34. The van der Waals surface area contributed by atoms with E-state index in [2.05, 4.69) is 0 Å². The molecule has 2 N–H and O–H groups in total. The van der Waals surface area contributed by atoms with Crippen LogP contribution >= 0.6 is 0 Å². The van der Waals surface area contributed by atoms with E-state index in [1.807, 2.05) is 12.1 Å². The summed E-state index contributed by atoms with van der Waals surface area (Å²) in [6.07, 6.45) is 2.96. The monoisotopic (exact) mass is 224 g/mol. The molecule has 1 unspecified atom stereocenters. The van der Waals surface area contributed by atoms with Gasteiger partial charge in [0.1, 0.15) is 5.76 Å². The normalized spacial score (nSPS) is 20.9. The first-order valence-corrected chi connectivity index (χ1v) is 5.47. The Morgan fingerprint density at radius 2 is 2.44 bits per heavy atom. The van der Waals surface area contributed by atoms with Crippen LogP contribution in [0, 0.1) is 0 Å². The van der Waals surface area contributed by atoms with E-state index >= 15 is 0 Å². The quantitative estimate of drug-likeness (QED) is 0.837. The zero-order chi connectivity index (χ0) is 11.4. The van der Waals surface area contributed by atoms with E-state index in [0.29, 0.717) is 19.7 Å². The van der Waals surface area contributed by atoms with Gasteiger partial charge in [-0.2, -0.15) is 0 Å². The molecule has 88 valence electrons. The van der Waals surface area contributed by atoms with Crippen LogP contribution in [-0.4, -0.2) is 30.2 Å². The van der Waals surface area contributed by atoms with Gasteiger partial charge in [-0.1, -0.05) is 0 Å². The van der Waals surface area contributed by atoms with Crippen LogP contribution in [0.2, 0.25) is 0 Å². The van der Waals surface area contributed by atoms with Gasteiger partial charge in [-0.05, 0) is 25.1 Å². The summed E-state index contributed by atoms with van der Waals surface area (Å²) in [5, 5.41) is 0. The first-order chi connectivity index (χ1) is 7.81. The fourth-order valence-electron chi connectivity index (χ4n) is 1.93. The maximum absolute atomic E-state index is 11.6. The van der Waals surface area contributed by atoms with Crippen molar-refractivity contribution in [1.82, 2.24) is 4.90 Å². The lowest BCUT2D eigenvalue weighted by atomic mass is 10.1. The molecule has 0 spiro atoms. The number of ether oxygens (including phenoxy) is 1. The third-order valence-electron chi connectivity index (χ3n) is 2.76. The van der Waals surface area contributed by atoms with Gasteiger partial charge in [0.25, 0.3) is 0 Å². The predicted octanol–water partition coefficient (Wildman–Crippen LogP) is 1.34. The molecule has 1 amide bonds. The van der Waals surface area contributed by atoms with Gasteiger partial charge >= 0.3 is 6.09 Å². The molecule has 0 radical (unpaired) electrons. The van der Waals surface area contributed by atoms with Gasteiger partial charge in [0.15, 0.2) is 0 Å². The van der Waals surface area contributed by atoms with Crippen molar-refractivity contribution in [1.29, 1.82) is 0 Å². The van der Waals surface area contributed by atoms with Crippen LogP contribution in [0.25, 0.3) is 0 Å². The topological polar surface area (TPSA) is 68.7 Å². The summed E-state index contributed by atoms with van der Waals surface area (Å²) in [5.74, 6) is 0.765. The molecule has 0 aliphatic carbocycles. The Labute approximate surface area is 94.1 Å². The van der Waals surface area contributed by atoms with Crippen molar-refractivity contribution < 1.29 is 13.9 Å². The summed E-state index contributed by atoms with van der Waals surface area (Å²) in [5.41, 5.74) is 5.54. The minimum Gasteiger partial charge on any atom is -0.467 e. The summed E-state index contributed by atoms with van der Waals surface area (Å²) in [7, 11) is 0. The van der Waals surface area contributed by atoms with Crippen LogP contribution in [0.4, 0.5) is 4.79 Å². The molecule has 1 aliphatic rings. The Kier molecular flexibility index (Phi) is 3.46. The van der Waals surface area contributed by atoms with Crippen molar-refractivity contribution in [2.45, 2.75) is 25.4 Å². The van der Waals surface area contributed by atoms with E-state index in [4.69, 9.17) is 14.9 Å². The second-order valence-electron chi connectivity index (χ2n) is 3.84.